The van der Waals surface area contributed by atoms with Gasteiger partial charge >= 0.3 is 0 Å². The lowest BCUT2D eigenvalue weighted by atomic mass is 9.90. The third-order valence-corrected chi connectivity index (χ3v) is 5.10. The number of fused-ring (bicyclic) bond motifs is 5. The lowest BCUT2D eigenvalue weighted by Gasteiger charge is -2.24. The second-order valence-corrected chi connectivity index (χ2v) is 5.99. The van der Waals surface area contributed by atoms with Crippen LogP contribution in [0.3, 0.4) is 0 Å². The molecule has 20 heavy (non-hydrogen) atoms. The standard InChI is InChI=1S/C16H16FN3/c1-9-10-6-7-16(9,18)15-12(10)8-14(19-20-15)11-4-2-3-5-13(11)17/h2-5,8-10H,6-7,18H2,1H3. The zero-order valence-corrected chi connectivity index (χ0v) is 11.3. The number of nitrogens with two attached hydrogens (primary N) is 1. The van der Waals surface area contributed by atoms with Crippen molar-refractivity contribution in [2.75, 3.05) is 0 Å². The molecule has 102 valence electrons. The van der Waals surface area contributed by atoms with Gasteiger partial charge in [0.25, 0.3) is 0 Å². The Hall–Kier alpha value is -1.81. The monoisotopic (exact) mass is 269 g/mol. The minimum Gasteiger partial charge on any atom is -0.320 e. The minimum atomic E-state index is -0.333. The van der Waals surface area contributed by atoms with Crippen LogP contribution in [0.2, 0.25) is 0 Å². The van der Waals surface area contributed by atoms with Crippen molar-refractivity contribution in [1.82, 2.24) is 10.2 Å². The Morgan fingerprint density at radius 1 is 1.30 bits per heavy atom. The molecule has 1 heterocycles. The number of nitrogens with zero attached hydrogens (tertiary/aromatic N) is 2. The molecule has 2 aromatic rings. The number of rotatable bonds is 1. The highest BCUT2D eigenvalue weighted by Gasteiger charge is 2.54. The maximum Gasteiger partial charge on any atom is 0.132 e. The van der Waals surface area contributed by atoms with Gasteiger partial charge in [-0.05, 0) is 48.4 Å². The van der Waals surface area contributed by atoms with Gasteiger partial charge in [0.15, 0.2) is 0 Å². The van der Waals surface area contributed by atoms with Crippen molar-refractivity contribution < 1.29 is 4.39 Å². The minimum absolute atomic E-state index is 0.264. The van der Waals surface area contributed by atoms with Gasteiger partial charge in [-0.2, -0.15) is 10.2 Å². The van der Waals surface area contributed by atoms with Gasteiger partial charge < -0.3 is 5.73 Å². The molecule has 2 aliphatic carbocycles. The summed E-state index contributed by atoms with van der Waals surface area (Å²) in [6.45, 7) is 2.18. The number of hydrogen-bond acceptors (Lipinski definition) is 3. The molecule has 1 saturated carbocycles. The van der Waals surface area contributed by atoms with Crippen LogP contribution in [0.1, 0.15) is 36.9 Å². The topological polar surface area (TPSA) is 51.8 Å². The predicted octanol–water partition coefficient (Wildman–Crippen LogP) is 2.96. The Bertz CT molecular complexity index is 700. The average Bonchev–Trinajstić information content (AvgIpc) is 2.86. The summed E-state index contributed by atoms with van der Waals surface area (Å²) in [5, 5.41) is 8.55. The molecule has 3 atom stereocenters. The molecule has 2 aliphatic rings. The van der Waals surface area contributed by atoms with Crippen molar-refractivity contribution in [3.05, 3.63) is 47.4 Å². The van der Waals surface area contributed by atoms with Crippen molar-refractivity contribution in [3.63, 3.8) is 0 Å². The zero-order chi connectivity index (χ0) is 13.9. The highest BCUT2D eigenvalue weighted by atomic mass is 19.1. The highest BCUT2D eigenvalue weighted by molar-refractivity contribution is 5.61. The van der Waals surface area contributed by atoms with E-state index in [1.165, 1.54) is 11.6 Å². The largest absolute Gasteiger partial charge is 0.320 e. The van der Waals surface area contributed by atoms with E-state index in [1.54, 1.807) is 12.1 Å². The van der Waals surface area contributed by atoms with E-state index in [2.05, 4.69) is 17.1 Å². The van der Waals surface area contributed by atoms with Gasteiger partial charge in [0.05, 0.1) is 16.9 Å². The molecule has 1 fully saturated rings. The van der Waals surface area contributed by atoms with E-state index in [9.17, 15) is 4.39 Å². The van der Waals surface area contributed by atoms with Crippen molar-refractivity contribution >= 4 is 0 Å². The summed E-state index contributed by atoms with van der Waals surface area (Å²) in [5.74, 6) is 0.569. The molecule has 1 aromatic heterocycles. The van der Waals surface area contributed by atoms with Crippen LogP contribution in [-0.4, -0.2) is 10.2 Å². The van der Waals surface area contributed by atoms with Crippen LogP contribution in [0.15, 0.2) is 30.3 Å². The summed E-state index contributed by atoms with van der Waals surface area (Å²) >= 11 is 0. The maximum absolute atomic E-state index is 13.9. The second-order valence-electron chi connectivity index (χ2n) is 5.99. The van der Waals surface area contributed by atoms with Crippen LogP contribution in [-0.2, 0) is 5.54 Å². The SMILES string of the molecule is CC1C2CCC1(N)c1nnc(-c3ccccc3F)cc12. The first kappa shape index (κ1) is 12.0. The molecule has 2 N–H and O–H groups in total. The molecule has 0 amide bonds. The molecular formula is C16H16FN3. The fraction of sp³-hybridized carbons (Fsp3) is 0.375. The van der Waals surface area contributed by atoms with Gasteiger partial charge in [-0.3, -0.25) is 0 Å². The van der Waals surface area contributed by atoms with Crippen LogP contribution in [0.25, 0.3) is 11.3 Å². The summed E-state index contributed by atoms with van der Waals surface area (Å²) in [6, 6.07) is 8.66. The normalized spacial score (nSPS) is 30.6. The molecule has 0 aliphatic heterocycles. The summed E-state index contributed by atoms with van der Waals surface area (Å²) in [5.41, 5.74) is 9.35. The molecule has 2 bridgehead atoms. The number of halogens is 1. The molecule has 1 aromatic carbocycles. The van der Waals surface area contributed by atoms with E-state index in [1.807, 2.05) is 12.1 Å². The van der Waals surface area contributed by atoms with E-state index in [-0.39, 0.29) is 11.4 Å². The van der Waals surface area contributed by atoms with E-state index in [0.29, 0.717) is 23.1 Å². The van der Waals surface area contributed by atoms with E-state index in [4.69, 9.17) is 5.73 Å². The molecule has 0 spiro atoms. The number of aromatic nitrogens is 2. The quantitative estimate of drug-likeness (QED) is 0.866. The first-order valence-corrected chi connectivity index (χ1v) is 7.03. The van der Waals surface area contributed by atoms with Crippen LogP contribution >= 0.6 is 0 Å². The Kier molecular flexibility index (Phi) is 2.31. The van der Waals surface area contributed by atoms with Gasteiger partial charge in [-0.1, -0.05) is 19.1 Å². The van der Waals surface area contributed by atoms with Crippen LogP contribution in [0, 0.1) is 11.7 Å². The molecule has 0 radical (unpaired) electrons. The number of benzene rings is 1. The third kappa shape index (κ3) is 1.37. The van der Waals surface area contributed by atoms with E-state index >= 15 is 0 Å². The van der Waals surface area contributed by atoms with Gasteiger partial charge in [0.1, 0.15) is 5.82 Å². The van der Waals surface area contributed by atoms with Gasteiger partial charge in [-0.15, -0.1) is 0 Å². The van der Waals surface area contributed by atoms with Crippen LogP contribution in [0.5, 0.6) is 0 Å². The average molecular weight is 269 g/mol. The lowest BCUT2D eigenvalue weighted by Crippen LogP contribution is -2.38. The fourth-order valence-electron chi connectivity index (χ4n) is 3.84. The Balaban J connectivity index is 1.87. The summed E-state index contributed by atoms with van der Waals surface area (Å²) in [6.07, 6.45) is 2.06. The summed E-state index contributed by atoms with van der Waals surface area (Å²) < 4.78 is 13.9. The smallest absolute Gasteiger partial charge is 0.132 e. The van der Waals surface area contributed by atoms with Crippen LogP contribution in [0.4, 0.5) is 4.39 Å². The van der Waals surface area contributed by atoms with Crippen molar-refractivity contribution in [2.24, 2.45) is 11.7 Å². The zero-order valence-electron chi connectivity index (χ0n) is 11.3. The second kappa shape index (κ2) is 3.85. The molecule has 3 nitrogen and oxygen atoms in total. The highest BCUT2D eigenvalue weighted by Crippen LogP contribution is 2.57. The van der Waals surface area contributed by atoms with Crippen molar-refractivity contribution in [3.8, 4) is 11.3 Å². The molecule has 4 rings (SSSR count). The fourth-order valence-corrected chi connectivity index (χ4v) is 3.84. The molecule has 3 unspecified atom stereocenters. The summed E-state index contributed by atoms with van der Waals surface area (Å²) in [4.78, 5) is 0. The van der Waals surface area contributed by atoms with E-state index < -0.39 is 0 Å². The van der Waals surface area contributed by atoms with Gasteiger partial charge in [0, 0.05) is 5.56 Å². The maximum atomic E-state index is 13.9. The third-order valence-electron chi connectivity index (χ3n) is 5.10. The molecular weight excluding hydrogens is 253 g/mol. The van der Waals surface area contributed by atoms with Crippen molar-refractivity contribution in [1.29, 1.82) is 0 Å². The first-order valence-electron chi connectivity index (χ1n) is 7.03. The Morgan fingerprint density at radius 3 is 2.90 bits per heavy atom. The Morgan fingerprint density at radius 2 is 2.10 bits per heavy atom. The first-order chi connectivity index (χ1) is 9.61. The van der Waals surface area contributed by atoms with Gasteiger partial charge in [0.2, 0.25) is 0 Å². The molecule has 0 saturated heterocycles. The van der Waals surface area contributed by atoms with E-state index in [0.717, 1.165) is 18.5 Å². The molecule has 4 heteroatoms. The summed E-state index contributed by atoms with van der Waals surface area (Å²) in [7, 11) is 0. The predicted molar refractivity (Wildman–Crippen MR) is 74.4 cm³/mol. The lowest BCUT2D eigenvalue weighted by molar-refractivity contribution is 0.354. The Labute approximate surface area is 117 Å². The van der Waals surface area contributed by atoms with Crippen molar-refractivity contribution in [2.45, 2.75) is 31.2 Å². The van der Waals surface area contributed by atoms with Crippen LogP contribution < -0.4 is 5.73 Å². The number of hydrogen-bond donors (Lipinski definition) is 1. The van der Waals surface area contributed by atoms with Gasteiger partial charge in [-0.25, -0.2) is 4.39 Å².